The Hall–Kier alpha value is -7.68. The summed E-state index contributed by atoms with van der Waals surface area (Å²) in [4.78, 5) is 0. The molecule has 12 aromatic rings. The largest absolute Gasteiger partial charge is 0.455 e. The van der Waals surface area contributed by atoms with Crippen molar-refractivity contribution in [3.05, 3.63) is 206 Å². The molecular weight excluding hydrogens is 705 g/mol. The molecule has 0 atom stereocenters. The number of fused-ring (bicyclic) bond motifs is 8. The minimum atomic E-state index is 0.822. The smallest absolute Gasteiger partial charge is 0.144 e. The van der Waals surface area contributed by atoms with Crippen LogP contribution in [0, 0.1) is 0 Å². The molecule has 0 aliphatic heterocycles. The van der Waals surface area contributed by atoms with Gasteiger partial charge in [-0.1, -0.05) is 188 Å². The molecule has 0 spiro atoms. The summed E-state index contributed by atoms with van der Waals surface area (Å²) in [6, 6.07) is 73.6. The van der Waals surface area contributed by atoms with Crippen LogP contribution in [0.5, 0.6) is 0 Å². The van der Waals surface area contributed by atoms with Gasteiger partial charge < -0.3 is 8.83 Å². The van der Waals surface area contributed by atoms with Crippen LogP contribution in [-0.4, -0.2) is 0 Å². The standard InChI is InChI=1S/C56H34O2/c1-3-18-36(19-4-1)40-23-9-10-24-41(40)51-42-25-11-13-27-44(42)52(45-28-14-12-26-43(45)51)47-34-49-54(53-46-29-15-16-30-48(46)57-56(47)53)50(37-20-5-2-6-21-37)55(58-49)39-32-31-35-17-7-8-22-38(35)33-39/h1-34H. The maximum absolute atomic E-state index is 7.22. The maximum Gasteiger partial charge on any atom is 0.144 e. The zero-order valence-corrected chi connectivity index (χ0v) is 31.4. The lowest BCUT2D eigenvalue weighted by Crippen LogP contribution is -1.93. The summed E-state index contributed by atoms with van der Waals surface area (Å²) in [6.45, 7) is 0. The van der Waals surface area contributed by atoms with Gasteiger partial charge in [0.05, 0.1) is 0 Å². The summed E-state index contributed by atoms with van der Waals surface area (Å²) in [5, 5.41) is 10.2. The highest BCUT2D eigenvalue weighted by molar-refractivity contribution is 6.30. The lowest BCUT2D eigenvalue weighted by atomic mass is 9.83. The predicted octanol–water partition coefficient (Wildman–Crippen LogP) is 16.1. The van der Waals surface area contributed by atoms with E-state index in [1.54, 1.807) is 0 Å². The summed E-state index contributed by atoms with van der Waals surface area (Å²) in [7, 11) is 0. The fraction of sp³-hybridized carbons (Fsp3) is 0. The van der Waals surface area contributed by atoms with E-state index < -0.39 is 0 Å². The van der Waals surface area contributed by atoms with Crippen LogP contribution >= 0.6 is 0 Å². The molecular formula is C56H34O2. The molecule has 2 aromatic heterocycles. The van der Waals surface area contributed by atoms with Gasteiger partial charge in [-0.2, -0.15) is 0 Å². The van der Waals surface area contributed by atoms with Crippen LogP contribution in [0.3, 0.4) is 0 Å². The van der Waals surface area contributed by atoms with Gasteiger partial charge >= 0.3 is 0 Å². The van der Waals surface area contributed by atoms with Gasteiger partial charge in [0.25, 0.3) is 0 Å². The first-order valence-electron chi connectivity index (χ1n) is 19.8. The summed E-state index contributed by atoms with van der Waals surface area (Å²) >= 11 is 0. The van der Waals surface area contributed by atoms with E-state index in [1.807, 2.05) is 0 Å². The van der Waals surface area contributed by atoms with Crippen molar-refractivity contribution in [2.45, 2.75) is 0 Å². The average molecular weight is 739 g/mol. The van der Waals surface area contributed by atoms with Crippen LogP contribution in [0.25, 0.3) is 121 Å². The van der Waals surface area contributed by atoms with Gasteiger partial charge in [-0.25, -0.2) is 0 Å². The van der Waals surface area contributed by atoms with Crippen LogP contribution in [-0.2, 0) is 0 Å². The van der Waals surface area contributed by atoms with E-state index in [1.165, 1.54) is 43.8 Å². The minimum Gasteiger partial charge on any atom is -0.455 e. The van der Waals surface area contributed by atoms with Crippen molar-refractivity contribution in [1.82, 2.24) is 0 Å². The summed E-state index contributed by atoms with van der Waals surface area (Å²) < 4.78 is 14.3. The van der Waals surface area contributed by atoms with Crippen molar-refractivity contribution in [2.75, 3.05) is 0 Å². The molecule has 2 nitrogen and oxygen atoms in total. The van der Waals surface area contributed by atoms with Crippen LogP contribution in [0.2, 0.25) is 0 Å². The second-order valence-electron chi connectivity index (χ2n) is 15.1. The van der Waals surface area contributed by atoms with E-state index in [0.29, 0.717) is 0 Å². The number of furan rings is 2. The first-order chi connectivity index (χ1) is 28.8. The number of hydrogen-bond acceptors (Lipinski definition) is 2. The third-order valence-electron chi connectivity index (χ3n) is 11.9. The predicted molar refractivity (Wildman–Crippen MR) is 243 cm³/mol. The van der Waals surface area contributed by atoms with E-state index >= 15 is 0 Å². The second kappa shape index (κ2) is 12.9. The number of hydrogen-bond donors (Lipinski definition) is 0. The van der Waals surface area contributed by atoms with Crippen molar-refractivity contribution in [1.29, 1.82) is 0 Å². The van der Waals surface area contributed by atoms with Gasteiger partial charge in [-0.05, 0) is 78.3 Å². The fourth-order valence-corrected chi connectivity index (χ4v) is 9.36. The Kier molecular flexibility index (Phi) is 7.26. The van der Waals surface area contributed by atoms with Crippen molar-refractivity contribution >= 4 is 65.2 Å². The average Bonchev–Trinajstić information content (AvgIpc) is 3.88. The van der Waals surface area contributed by atoms with Crippen molar-refractivity contribution in [2.24, 2.45) is 0 Å². The molecule has 58 heavy (non-hydrogen) atoms. The maximum atomic E-state index is 7.22. The van der Waals surface area contributed by atoms with Gasteiger partial charge in [0.15, 0.2) is 0 Å². The van der Waals surface area contributed by atoms with E-state index in [4.69, 9.17) is 8.83 Å². The fourth-order valence-electron chi connectivity index (χ4n) is 9.36. The van der Waals surface area contributed by atoms with E-state index in [-0.39, 0.29) is 0 Å². The Bertz CT molecular complexity index is 3490. The Morgan fingerprint density at radius 2 is 0.810 bits per heavy atom. The molecule has 0 saturated heterocycles. The van der Waals surface area contributed by atoms with Gasteiger partial charge in [0.2, 0.25) is 0 Å². The summed E-state index contributed by atoms with van der Waals surface area (Å²) in [5.41, 5.74) is 12.7. The topological polar surface area (TPSA) is 26.3 Å². The quantitative estimate of drug-likeness (QED) is 0.164. The zero-order valence-electron chi connectivity index (χ0n) is 31.4. The van der Waals surface area contributed by atoms with E-state index in [9.17, 15) is 0 Å². The molecule has 2 heteroatoms. The zero-order chi connectivity index (χ0) is 38.2. The molecule has 0 radical (unpaired) electrons. The lowest BCUT2D eigenvalue weighted by molar-refractivity contribution is 0.632. The van der Waals surface area contributed by atoms with Crippen molar-refractivity contribution < 1.29 is 8.83 Å². The molecule has 0 amide bonds. The molecule has 2 heterocycles. The van der Waals surface area contributed by atoms with Gasteiger partial charge in [0, 0.05) is 38.4 Å². The summed E-state index contributed by atoms with van der Waals surface area (Å²) in [6.07, 6.45) is 0. The van der Waals surface area contributed by atoms with Crippen LogP contribution in [0.4, 0.5) is 0 Å². The minimum absolute atomic E-state index is 0.822. The molecule has 0 aliphatic carbocycles. The molecule has 0 N–H and O–H groups in total. The Labute approximate surface area is 334 Å². The highest BCUT2D eigenvalue weighted by Gasteiger charge is 2.27. The van der Waals surface area contributed by atoms with Crippen LogP contribution in [0.1, 0.15) is 0 Å². The Morgan fingerprint density at radius 1 is 0.276 bits per heavy atom. The number of benzene rings is 10. The Morgan fingerprint density at radius 3 is 1.50 bits per heavy atom. The highest BCUT2D eigenvalue weighted by atomic mass is 16.3. The van der Waals surface area contributed by atoms with Crippen molar-refractivity contribution in [3.8, 4) is 55.8 Å². The van der Waals surface area contributed by atoms with Gasteiger partial charge in [-0.3, -0.25) is 0 Å². The molecule has 0 unspecified atom stereocenters. The molecule has 12 rings (SSSR count). The third kappa shape index (κ3) is 4.92. The third-order valence-corrected chi connectivity index (χ3v) is 11.9. The second-order valence-corrected chi connectivity index (χ2v) is 15.1. The van der Waals surface area contributed by atoms with Crippen molar-refractivity contribution in [3.63, 3.8) is 0 Å². The first-order valence-corrected chi connectivity index (χ1v) is 19.8. The normalized spacial score (nSPS) is 11.8. The molecule has 0 fully saturated rings. The van der Waals surface area contributed by atoms with E-state index in [0.717, 1.165) is 77.3 Å². The van der Waals surface area contributed by atoms with Gasteiger partial charge in [-0.15, -0.1) is 0 Å². The molecule has 0 aliphatic rings. The van der Waals surface area contributed by atoms with Crippen LogP contribution < -0.4 is 0 Å². The molecule has 0 saturated carbocycles. The Balaban J connectivity index is 1.23. The number of rotatable bonds is 5. The monoisotopic (exact) mass is 738 g/mol. The molecule has 0 bridgehead atoms. The van der Waals surface area contributed by atoms with Gasteiger partial charge in [0.1, 0.15) is 22.5 Å². The highest BCUT2D eigenvalue weighted by Crippen LogP contribution is 2.52. The molecule has 10 aromatic carbocycles. The van der Waals surface area contributed by atoms with Crippen LogP contribution in [0.15, 0.2) is 215 Å². The SMILES string of the molecule is c1ccc(-c2ccccc2-c2c3ccccc3c(-c3cc4oc(-c5ccc6ccccc6c5)c(-c5ccccc5)c4c4c3oc3ccccc34)c3ccccc23)cc1. The number of para-hydroxylation sites is 1. The first kappa shape index (κ1) is 32.6. The summed E-state index contributed by atoms with van der Waals surface area (Å²) in [5.74, 6) is 0.846. The van der Waals surface area contributed by atoms with E-state index in [2.05, 4.69) is 206 Å². The lowest BCUT2D eigenvalue weighted by Gasteiger charge is -2.20. The molecule has 270 valence electrons.